The molecule has 27 heavy (non-hydrogen) atoms. The summed E-state index contributed by atoms with van der Waals surface area (Å²) in [5, 5.41) is 32.8. The van der Waals surface area contributed by atoms with Gasteiger partial charge in [-0.2, -0.15) is 0 Å². The van der Waals surface area contributed by atoms with Gasteiger partial charge in [-0.15, -0.1) is 0 Å². The Hall–Kier alpha value is -2.59. The lowest BCUT2D eigenvalue weighted by molar-refractivity contribution is -0.0511. The third-order valence-electron chi connectivity index (χ3n) is 4.80. The zero-order chi connectivity index (χ0) is 19.0. The second-order valence-corrected chi connectivity index (χ2v) is 6.55. The van der Waals surface area contributed by atoms with Gasteiger partial charge < -0.3 is 25.4 Å². The number of anilines is 1. The standard InChI is InChI=1S/C18H21N5O4/c1-10(11-5-3-2-4-6-11)22-16-13-17(20-8-19-16)23(9-21-13)18-15(26)14(25)12(7-24)27-18/h2-6,8-10,12,14-15,18,24-26H,7H2,1H3,(H,19,20,22)/t10-,12-,14?,15+,18-/m1/s1. The van der Waals surface area contributed by atoms with Crippen LogP contribution in [-0.2, 0) is 4.74 Å². The van der Waals surface area contributed by atoms with Gasteiger partial charge in [-0.05, 0) is 12.5 Å². The van der Waals surface area contributed by atoms with Crippen molar-refractivity contribution in [3.63, 3.8) is 0 Å². The highest BCUT2D eigenvalue weighted by atomic mass is 16.6. The number of hydrogen-bond donors (Lipinski definition) is 4. The Morgan fingerprint density at radius 3 is 2.63 bits per heavy atom. The molecule has 9 nitrogen and oxygen atoms in total. The highest BCUT2D eigenvalue weighted by Crippen LogP contribution is 2.32. The second kappa shape index (κ2) is 7.20. The van der Waals surface area contributed by atoms with Gasteiger partial charge in [0.2, 0.25) is 0 Å². The molecule has 0 spiro atoms. The van der Waals surface area contributed by atoms with Crippen molar-refractivity contribution in [1.82, 2.24) is 19.5 Å². The topological polar surface area (TPSA) is 126 Å². The average Bonchev–Trinajstić information content (AvgIpc) is 3.25. The Labute approximate surface area is 155 Å². The molecule has 0 aliphatic carbocycles. The summed E-state index contributed by atoms with van der Waals surface area (Å²) in [6, 6.07) is 9.95. The fraction of sp³-hybridized carbons (Fsp3) is 0.389. The van der Waals surface area contributed by atoms with Crippen LogP contribution >= 0.6 is 0 Å². The van der Waals surface area contributed by atoms with Gasteiger partial charge >= 0.3 is 0 Å². The molecule has 9 heteroatoms. The highest BCUT2D eigenvalue weighted by molar-refractivity contribution is 5.82. The smallest absolute Gasteiger partial charge is 0.167 e. The van der Waals surface area contributed by atoms with Crippen LogP contribution in [0.25, 0.3) is 11.2 Å². The second-order valence-electron chi connectivity index (χ2n) is 6.55. The van der Waals surface area contributed by atoms with Gasteiger partial charge in [-0.3, -0.25) is 4.57 Å². The van der Waals surface area contributed by atoms with Crippen LogP contribution in [0, 0.1) is 0 Å². The number of ether oxygens (including phenoxy) is 1. The van der Waals surface area contributed by atoms with E-state index < -0.39 is 31.1 Å². The van der Waals surface area contributed by atoms with Crippen LogP contribution in [-0.4, -0.2) is 59.8 Å². The number of nitrogens with zero attached hydrogens (tertiary/aromatic N) is 4. The summed E-state index contributed by atoms with van der Waals surface area (Å²) in [7, 11) is 0. The molecule has 0 radical (unpaired) electrons. The lowest BCUT2D eigenvalue weighted by atomic mass is 10.1. The molecule has 0 saturated carbocycles. The summed E-state index contributed by atoms with van der Waals surface area (Å²) in [5.41, 5.74) is 2.09. The van der Waals surface area contributed by atoms with Crippen LogP contribution in [0.15, 0.2) is 43.0 Å². The summed E-state index contributed by atoms with van der Waals surface area (Å²) in [5.74, 6) is 0.557. The molecule has 3 aromatic rings. The van der Waals surface area contributed by atoms with Gasteiger partial charge in [0, 0.05) is 0 Å². The van der Waals surface area contributed by atoms with Gasteiger partial charge in [0.1, 0.15) is 24.6 Å². The van der Waals surface area contributed by atoms with Gasteiger partial charge in [0.25, 0.3) is 0 Å². The molecular weight excluding hydrogens is 350 g/mol. The Morgan fingerprint density at radius 2 is 1.93 bits per heavy atom. The van der Waals surface area contributed by atoms with E-state index in [4.69, 9.17) is 4.74 Å². The van der Waals surface area contributed by atoms with Gasteiger partial charge in [-0.1, -0.05) is 30.3 Å². The number of benzene rings is 1. The van der Waals surface area contributed by atoms with E-state index in [1.54, 1.807) is 4.57 Å². The van der Waals surface area contributed by atoms with E-state index in [9.17, 15) is 15.3 Å². The fourth-order valence-electron chi connectivity index (χ4n) is 3.28. The van der Waals surface area contributed by atoms with Crippen LogP contribution in [0.4, 0.5) is 5.82 Å². The minimum Gasteiger partial charge on any atom is -0.394 e. The molecule has 1 aliphatic rings. The summed E-state index contributed by atoms with van der Waals surface area (Å²) in [4.78, 5) is 12.9. The summed E-state index contributed by atoms with van der Waals surface area (Å²) >= 11 is 0. The first-order valence-corrected chi connectivity index (χ1v) is 8.71. The largest absolute Gasteiger partial charge is 0.394 e. The van der Waals surface area contributed by atoms with Gasteiger partial charge in [0.15, 0.2) is 23.2 Å². The van der Waals surface area contributed by atoms with Crippen molar-refractivity contribution < 1.29 is 20.1 Å². The van der Waals surface area contributed by atoms with Crippen molar-refractivity contribution >= 4 is 17.0 Å². The first-order valence-electron chi connectivity index (χ1n) is 8.71. The van der Waals surface area contributed by atoms with Crippen molar-refractivity contribution in [2.45, 2.75) is 37.5 Å². The van der Waals surface area contributed by atoms with E-state index in [-0.39, 0.29) is 6.04 Å². The molecule has 1 saturated heterocycles. The van der Waals surface area contributed by atoms with E-state index in [0.717, 1.165) is 5.56 Å². The third kappa shape index (κ3) is 3.15. The SMILES string of the molecule is C[C@@H](Nc1ncnc2c1ncn2[C@@H]1O[C@H](CO)C(O)[C@@H]1O)c1ccccc1. The number of aliphatic hydroxyl groups excluding tert-OH is 3. The molecule has 3 heterocycles. The summed E-state index contributed by atoms with van der Waals surface area (Å²) in [6.07, 6.45) is -1.25. The molecule has 2 aromatic heterocycles. The summed E-state index contributed by atoms with van der Waals surface area (Å²) in [6.45, 7) is 1.63. The van der Waals surface area contributed by atoms with E-state index in [2.05, 4.69) is 20.3 Å². The molecule has 142 valence electrons. The number of imidazole rings is 1. The Balaban J connectivity index is 1.64. The van der Waals surface area contributed by atoms with Crippen molar-refractivity contribution in [1.29, 1.82) is 0 Å². The molecule has 1 fully saturated rings. The molecule has 1 aromatic carbocycles. The van der Waals surface area contributed by atoms with Crippen LogP contribution < -0.4 is 5.32 Å². The van der Waals surface area contributed by atoms with Crippen molar-refractivity contribution in [2.24, 2.45) is 0 Å². The molecule has 4 N–H and O–H groups in total. The first kappa shape index (κ1) is 17.8. The number of rotatable bonds is 5. The van der Waals surface area contributed by atoms with E-state index >= 15 is 0 Å². The zero-order valence-corrected chi connectivity index (χ0v) is 14.7. The predicted molar refractivity (Wildman–Crippen MR) is 96.8 cm³/mol. The predicted octanol–water partition coefficient (Wildman–Crippen LogP) is 0.611. The van der Waals surface area contributed by atoms with Crippen molar-refractivity contribution in [3.8, 4) is 0 Å². The number of aliphatic hydroxyl groups is 3. The Morgan fingerprint density at radius 1 is 1.15 bits per heavy atom. The van der Waals surface area contributed by atoms with Crippen molar-refractivity contribution in [2.75, 3.05) is 11.9 Å². The molecule has 1 unspecified atom stereocenters. The Kier molecular flexibility index (Phi) is 4.75. The fourth-order valence-corrected chi connectivity index (χ4v) is 3.28. The number of fused-ring (bicyclic) bond motifs is 1. The number of aromatic nitrogens is 4. The normalized spacial score (nSPS) is 26.4. The monoisotopic (exact) mass is 371 g/mol. The number of hydrogen-bond acceptors (Lipinski definition) is 8. The van der Waals surface area contributed by atoms with Crippen LogP contribution in [0.2, 0.25) is 0 Å². The van der Waals surface area contributed by atoms with E-state index in [0.29, 0.717) is 17.0 Å². The minimum atomic E-state index is -1.20. The van der Waals surface area contributed by atoms with Crippen LogP contribution in [0.3, 0.4) is 0 Å². The van der Waals surface area contributed by atoms with Gasteiger partial charge in [-0.25, -0.2) is 15.0 Å². The van der Waals surface area contributed by atoms with Crippen LogP contribution in [0.1, 0.15) is 24.8 Å². The zero-order valence-electron chi connectivity index (χ0n) is 14.7. The maximum Gasteiger partial charge on any atom is 0.167 e. The number of nitrogens with one attached hydrogen (secondary N) is 1. The molecule has 1 aliphatic heterocycles. The van der Waals surface area contributed by atoms with Crippen molar-refractivity contribution in [3.05, 3.63) is 48.5 Å². The quantitative estimate of drug-likeness (QED) is 0.514. The molecule has 0 amide bonds. The molecule has 4 rings (SSSR count). The maximum atomic E-state index is 10.3. The molecule has 0 bridgehead atoms. The summed E-state index contributed by atoms with van der Waals surface area (Å²) < 4.78 is 7.11. The minimum absolute atomic E-state index is 0.00311. The highest BCUT2D eigenvalue weighted by Gasteiger charge is 2.44. The maximum absolute atomic E-state index is 10.3. The molecular formula is C18H21N5O4. The third-order valence-corrected chi connectivity index (χ3v) is 4.80. The lowest BCUT2D eigenvalue weighted by Gasteiger charge is -2.17. The van der Waals surface area contributed by atoms with Crippen LogP contribution in [0.5, 0.6) is 0 Å². The van der Waals surface area contributed by atoms with E-state index in [1.807, 2.05) is 37.3 Å². The Bertz CT molecular complexity index is 919. The first-order chi connectivity index (χ1) is 13.1. The average molecular weight is 371 g/mol. The molecule has 5 atom stereocenters. The van der Waals surface area contributed by atoms with Gasteiger partial charge in [0.05, 0.1) is 19.0 Å². The van der Waals surface area contributed by atoms with E-state index in [1.165, 1.54) is 12.7 Å². The lowest BCUT2D eigenvalue weighted by Crippen LogP contribution is -2.33.